The fourth-order valence-electron chi connectivity index (χ4n) is 4.02. The molecule has 0 unspecified atom stereocenters. The number of carbonyl (C=O) groups is 1. The zero-order valence-corrected chi connectivity index (χ0v) is 15.2. The number of amides is 1. The van der Waals surface area contributed by atoms with Gasteiger partial charge in [0.15, 0.2) is 11.5 Å². The zero-order chi connectivity index (χ0) is 20.1. The van der Waals surface area contributed by atoms with Crippen molar-refractivity contribution in [2.75, 3.05) is 6.61 Å². The average molecular weight is 413 g/mol. The second-order valence-corrected chi connectivity index (χ2v) is 7.42. The molecule has 28 heavy (non-hydrogen) atoms. The van der Waals surface area contributed by atoms with Crippen molar-refractivity contribution in [2.24, 2.45) is 17.8 Å². The van der Waals surface area contributed by atoms with Crippen LogP contribution in [0.3, 0.4) is 0 Å². The van der Waals surface area contributed by atoms with Crippen LogP contribution in [0.4, 0.5) is 13.2 Å². The maximum atomic E-state index is 12.7. The molecular weight excluding hydrogens is 397 g/mol. The molecule has 1 amide bonds. The van der Waals surface area contributed by atoms with E-state index in [9.17, 15) is 23.1 Å². The van der Waals surface area contributed by atoms with Crippen LogP contribution in [-0.4, -0.2) is 28.8 Å². The normalized spacial score (nSPS) is 26.0. The summed E-state index contributed by atoms with van der Waals surface area (Å²) in [6, 6.07) is 4.00. The number of carbonyl (C=O) groups excluding carboxylic acids is 1. The largest absolute Gasteiger partial charge is 0.416 e. The molecule has 0 aliphatic heterocycles. The van der Waals surface area contributed by atoms with E-state index in [2.05, 4.69) is 16.5 Å². The van der Waals surface area contributed by atoms with Crippen molar-refractivity contribution in [2.45, 2.75) is 18.6 Å². The maximum absolute atomic E-state index is 12.7. The van der Waals surface area contributed by atoms with E-state index in [0.29, 0.717) is 0 Å². The van der Waals surface area contributed by atoms with Gasteiger partial charge in [0.2, 0.25) is 0 Å². The number of aromatic nitrogens is 1. The number of allylic oxidation sites excluding steroid dienone is 1. The lowest BCUT2D eigenvalue weighted by Gasteiger charge is -2.27. The second kappa shape index (κ2) is 6.93. The molecule has 2 aliphatic carbocycles. The van der Waals surface area contributed by atoms with E-state index in [4.69, 9.17) is 16.1 Å². The minimum atomic E-state index is -4.45. The number of nitrogens with zero attached hydrogens (tertiary/aromatic N) is 1. The first kappa shape index (κ1) is 19.0. The van der Waals surface area contributed by atoms with Crippen LogP contribution in [0.15, 0.2) is 40.9 Å². The third-order valence-corrected chi connectivity index (χ3v) is 5.81. The van der Waals surface area contributed by atoms with E-state index in [0.717, 1.165) is 18.6 Å². The Hall–Kier alpha value is -2.32. The van der Waals surface area contributed by atoms with Gasteiger partial charge in [-0.05, 0) is 30.4 Å². The van der Waals surface area contributed by atoms with Gasteiger partial charge in [0, 0.05) is 24.1 Å². The van der Waals surface area contributed by atoms with Crippen LogP contribution in [0.5, 0.6) is 0 Å². The molecule has 1 fully saturated rings. The lowest BCUT2D eigenvalue weighted by Crippen LogP contribution is -2.44. The maximum Gasteiger partial charge on any atom is 0.416 e. The minimum absolute atomic E-state index is 0.0205. The van der Waals surface area contributed by atoms with Gasteiger partial charge in [-0.1, -0.05) is 41.0 Å². The van der Waals surface area contributed by atoms with Gasteiger partial charge in [-0.2, -0.15) is 13.2 Å². The molecule has 9 heteroatoms. The molecule has 1 heterocycles. The standard InChI is InChI=1S/C19H16ClF3N2O3/c20-14-16(18(27)24-15-11-2-1-10(7-11)13(15)8-26)25-28-17(14)9-3-5-12(6-4-9)19(21,22)23/h1-6,10-11,13,15,26H,7-8H2,(H,24,27)/t10-,11-,13+,15+/m0/s1. The first-order valence-corrected chi connectivity index (χ1v) is 9.10. The summed E-state index contributed by atoms with van der Waals surface area (Å²) in [5, 5.41) is 16.1. The Morgan fingerprint density at radius 2 is 1.93 bits per heavy atom. The van der Waals surface area contributed by atoms with Gasteiger partial charge in [-0.3, -0.25) is 4.79 Å². The monoisotopic (exact) mass is 412 g/mol. The average Bonchev–Trinajstić information content (AvgIpc) is 3.35. The predicted molar refractivity (Wildman–Crippen MR) is 94.5 cm³/mol. The molecule has 0 spiro atoms. The Balaban J connectivity index is 1.53. The summed E-state index contributed by atoms with van der Waals surface area (Å²) in [6.45, 7) is -0.0419. The lowest BCUT2D eigenvalue weighted by atomic mass is 9.89. The Labute approximate surface area is 163 Å². The highest BCUT2D eigenvalue weighted by molar-refractivity contribution is 6.35. The highest BCUT2D eigenvalue weighted by atomic mass is 35.5. The van der Waals surface area contributed by atoms with Gasteiger partial charge in [0.1, 0.15) is 5.02 Å². The number of hydrogen-bond acceptors (Lipinski definition) is 4. The van der Waals surface area contributed by atoms with E-state index in [-0.39, 0.29) is 52.4 Å². The Morgan fingerprint density at radius 3 is 2.57 bits per heavy atom. The molecule has 1 saturated carbocycles. The highest BCUT2D eigenvalue weighted by Gasteiger charge is 2.45. The van der Waals surface area contributed by atoms with E-state index >= 15 is 0 Å². The Kier molecular flexibility index (Phi) is 4.71. The summed E-state index contributed by atoms with van der Waals surface area (Å²) < 4.78 is 43.2. The van der Waals surface area contributed by atoms with Crippen LogP contribution >= 0.6 is 11.6 Å². The van der Waals surface area contributed by atoms with E-state index in [1.807, 2.05) is 6.08 Å². The summed E-state index contributed by atoms with van der Waals surface area (Å²) in [4.78, 5) is 12.6. The van der Waals surface area contributed by atoms with Crippen LogP contribution in [-0.2, 0) is 6.18 Å². The van der Waals surface area contributed by atoms with Gasteiger partial charge >= 0.3 is 6.18 Å². The fourth-order valence-corrected chi connectivity index (χ4v) is 4.28. The summed E-state index contributed by atoms with van der Waals surface area (Å²) in [7, 11) is 0. The van der Waals surface area contributed by atoms with E-state index in [1.165, 1.54) is 12.1 Å². The van der Waals surface area contributed by atoms with Gasteiger partial charge in [0.25, 0.3) is 5.91 Å². The molecule has 1 aromatic carbocycles. The van der Waals surface area contributed by atoms with Gasteiger partial charge in [-0.25, -0.2) is 0 Å². The van der Waals surface area contributed by atoms with Gasteiger partial charge < -0.3 is 14.9 Å². The number of benzene rings is 1. The molecule has 0 saturated heterocycles. The molecule has 1 aromatic heterocycles. The van der Waals surface area contributed by atoms with Crippen LogP contribution in [0, 0.1) is 17.8 Å². The summed E-state index contributed by atoms with van der Waals surface area (Å²) in [5.41, 5.74) is -0.662. The summed E-state index contributed by atoms with van der Waals surface area (Å²) >= 11 is 6.22. The topological polar surface area (TPSA) is 75.4 Å². The molecule has 4 rings (SSSR count). The number of hydrogen-bond donors (Lipinski definition) is 2. The van der Waals surface area contributed by atoms with Crippen molar-refractivity contribution >= 4 is 17.5 Å². The molecule has 0 radical (unpaired) electrons. The molecule has 148 valence electrons. The van der Waals surface area contributed by atoms with Crippen molar-refractivity contribution in [3.8, 4) is 11.3 Å². The fraction of sp³-hybridized carbons (Fsp3) is 0.368. The third-order valence-electron chi connectivity index (χ3n) is 5.46. The number of nitrogens with one attached hydrogen (secondary N) is 1. The molecule has 2 aromatic rings. The number of aliphatic hydroxyl groups excluding tert-OH is 1. The SMILES string of the molecule is O=C(N[C@H]1[C@H](CO)[C@H]2C=C[C@H]1C2)c1noc(-c2ccc(C(F)(F)F)cc2)c1Cl. The molecule has 2 N–H and O–H groups in total. The highest BCUT2D eigenvalue weighted by Crippen LogP contribution is 2.43. The van der Waals surface area contributed by atoms with E-state index < -0.39 is 17.6 Å². The lowest BCUT2D eigenvalue weighted by molar-refractivity contribution is -0.137. The predicted octanol–water partition coefficient (Wildman–Crippen LogP) is 3.93. The second-order valence-electron chi connectivity index (χ2n) is 7.04. The Morgan fingerprint density at radius 1 is 1.25 bits per heavy atom. The molecule has 5 nitrogen and oxygen atoms in total. The number of alkyl halides is 3. The molecule has 2 bridgehead atoms. The zero-order valence-electron chi connectivity index (χ0n) is 14.4. The molecule has 2 aliphatic rings. The Bertz CT molecular complexity index is 923. The summed E-state index contributed by atoms with van der Waals surface area (Å²) in [5.74, 6) is -0.218. The van der Waals surface area contributed by atoms with Crippen LogP contribution in [0.1, 0.15) is 22.5 Å². The summed E-state index contributed by atoms with van der Waals surface area (Å²) in [6.07, 6.45) is 0.506. The molecular formula is C19H16ClF3N2O3. The van der Waals surface area contributed by atoms with Gasteiger partial charge in [0.05, 0.1) is 5.56 Å². The van der Waals surface area contributed by atoms with Crippen molar-refractivity contribution in [3.05, 3.63) is 52.7 Å². The third kappa shape index (κ3) is 3.20. The first-order chi connectivity index (χ1) is 13.3. The first-order valence-electron chi connectivity index (χ1n) is 8.72. The number of rotatable bonds is 4. The van der Waals surface area contributed by atoms with Crippen molar-refractivity contribution in [3.63, 3.8) is 0 Å². The van der Waals surface area contributed by atoms with Crippen molar-refractivity contribution in [1.29, 1.82) is 0 Å². The number of halogens is 4. The van der Waals surface area contributed by atoms with Crippen LogP contribution in [0.25, 0.3) is 11.3 Å². The quantitative estimate of drug-likeness (QED) is 0.746. The van der Waals surface area contributed by atoms with E-state index in [1.54, 1.807) is 0 Å². The number of aliphatic hydroxyl groups is 1. The van der Waals surface area contributed by atoms with Crippen molar-refractivity contribution in [1.82, 2.24) is 10.5 Å². The van der Waals surface area contributed by atoms with Gasteiger partial charge in [-0.15, -0.1) is 0 Å². The van der Waals surface area contributed by atoms with Crippen LogP contribution < -0.4 is 5.32 Å². The smallest absolute Gasteiger partial charge is 0.396 e. The minimum Gasteiger partial charge on any atom is -0.396 e. The van der Waals surface area contributed by atoms with Crippen LogP contribution in [0.2, 0.25) is 5.02 Å². The number of fused-ring (bicyclic) bond motifs is 2. The van der Waals surface area contributed by atoms with Crippen molar-refractivity contribution < 1.29 is 27.6 Å². The molecule has 4 atom stereocenters.